The monoisotopic (exact) mass is 543 g/mol. The molecule has 178 valence electrons. The second-order valence-electron chi connectivity index (χ2n) is 7.92. The number of aromatic nitrogens is 3. The first-order valence-electron chi connectivity index (χ1n) is 10.8. The number of halogens is 1. The Labute approximate surface area is 213 Å². The third kappa shape index (κ3) is 4.28. The van der Waals surface area contributed by atoms with Gasteiger partial charge in [-0.15, -0.1) is 0 Å². The average Bonchev–Trinajstić information content (AvgIpc) is 3.44. The molecule has 3 aromatic carbocycles. The predicted octanol–water partition coefficient (Wildman–Crippen LogP) is 4.99. The maximum Gasteiger partial charge on any atom is 0.439 e. The molecule has 36 heavy (non-hydrogen) atoms. The van der Waals surface area contributed by atoms with Gasteiger partial charge in [0.25, 0.3) is 5.91 Å². The molecule has 0 saturated heterocycles. The van der Waals surface area contributed by atoms with Crippen LogP contribution in [-0.4, -0.2) is 20.6 Å². The molecule has 0 bridgehead atoms. The highest BCUT2D eigenvalue weighted by Gasteiger charge is 2.23. The van der Waals surface area contributed by atoms with Gasteiger partial charge in [0.2, 0.25) is 0 Å². The van der Waals surface area contributed by atoms with E-state index in [1.54, 1.807) is 23.7 Å². The number of nitriles is 1. The van der Waals surface area contributed by atoms with Crippen LogP contribution < -0.4 is 15.8 Å². The van der Waals surface area contributed by atoms with E-state index in [0.29, 0.717) is 39.3 Å². The minimum atomic E-state index is -0.746. The van der Waals surface area contributed by atoms with Crippen molar-refractivity contribution in [3.8, 4) is 23.2 Å². The number of aryl methyl sites for hydroxylation is 1. The fraction of sp³-hybridized carbons (Fsp3) is 0.0769. The first-order valence-corrected chi connectivity index (χ1v) is 11.6. The predicted molar refractivity (Wildman–Crippen MR) is 137 cm³/mol. The van der Waals surface area contributed by atoms with Gasteiger partial charge >= 0.3 is 5.76 Å². The SMILES string of the molecule is Cn1c(C(=O)Nc2ccc(C#N)cc2-c2noc(=O)[nH]2)c(Br)c2cccc(OCc3ccccc3)c21. The van der Waals surface area contributed by atoms with Crippen molar-refractivity contribution < 1.29 is 14.1 Å². The van der Waals surface area contributed by atoms with Crippen LogP contribution in [0.1, 0.15) is 21.6 Å². The van der Waals surface area contributed by atoms with Crippen LogP contribution in [-0.2, 0) is 13.7 Å². The Morgan fingerprint density at radius 1 is 1.19 bits per heavy atom. The summed E-state index contributed by atoms with van der Waals surface area (Å²) in [6.07, 6.45) is 0. The zero-order chi connectivity index (χ0) is 25.2. The highest BCUT2D eigenvalue weighted by molar-refractivity contribution is 9.10. The number of nitrogens with zero attached hydrogens (tertiary/aromatic N) is 3. The van der Waals surface area contributed by atoms with Crippen LogP contribution >= 0.6 is 15.9 Å². The highest BCUT2D eigenvalue weighted by atomic mass is 79.9. The summed E-state index contributed by atoms with van der Waals surface area (Å²) < 4.78 is 13.1. The molecule has 0 fully saturated rings. The number of fused-ring (bicyclic) bond motifs is 1. The summed E-state index contributed by atoms with van der Waals surface area (Å²) in [6, 6.07) is 22.1. The summed E-state index contributed by atoms with van der Waals surface area (Å²) in [5.74, 6) is -0.423. The number of rotatable bonds is 6. The smallest absolute Gasteiger partial charge is 0.439 e. The van der Waals surface area contributed by atoms with E-state index in [1.165, 1.54) is 6.07 Å². The van der Waals surface area contributed by atoms with Gasteiger partial charge in [-0.3, -0.25) is 14.3 Å². The van der Waals surface area contributed by atoms with Crippen LogP contribution in [0.4, 0.5) is 5.69 Å². The van der Waals surface area contributed by atoms with Crippen molar-refractivity contribution in [2.75, 3.05) is 5.32 Å². The summed E-state index contributed by atoms with van der Waals surface area (Å²) in [5, 5.41) is 16.7. The van der Waals surface area contributed by atoms with E-state index in [2.05, 4.69) is 35.9 Å². The fourth-order valence-corrected chi connectivity index (χ4v) is 4.75. The van der Waals surface area contributed by atoms with Crippen LogP contribution in [0.2, 0.25) is 0 Å². The number of hydrogen-bond acceptors (Lipinski definition) is 6. The van der Waals surface area contributed by atoms with Gasteiger partial charge in [-0.05, 0) is 45.8 Å². The largest absolute Gasteiger partial charge is 0.487 e. The minimum Gasteiger partial charge on any atom is -0.487 e. The molecule has 0 unspecified atom stereocenters. The van der Waals surface area contributed by atoms with Gasteiger partial charge in [0.15, 0.2) is 5.82 Å². The lowest BCUT2D eigenvalue weighted by atomic mass is 10.1. The topological polar surface area (TPSA) is 126 Å². The number of aromatic amines is 1. The summed E-state index contributed by atoms with van der Waals surface area (Å²) in [4.78, 5) is 27.4. The van der Waals surface area contributed by atoms with Gasteiger partial charge in [0.05, 0.1) is 27.3 Å². The zero-order valence-corrected chi connectivity index (χ0v) is 20.5. The van der Waals surface area contributed by atoms with Crippen molar-refractivity contribution in [2.45, 2.75) is 6.61 Å². The quantitative estimate of drug-likeness (QED) is 0.310. The van der Waals surface area contributed by atoms with Gasteiger partial charge in [-0.2, -0.15) is 5.26 Å². The Balaban J connectivity index is 1.51. The van der Waals surface area contributed by atoms with Gasteiger partial charge in [-0.1, -0.05) is 47.6 Å². The second-order valence-corrected chi connectivity index (χ2v) is 8.71. The molecule has 1 amide bonds. The molecule has 2 aromatic heterocycles. The van der Waals surface area contributed by atoms with Gasteiger partial charge in [0.1, 0.15) is 18.1 Å². The number of ether oxygens (including phenoxy) is 1. The maximum absolute atomic E-state index is 13.5. The Hall–Kier alpha value is -4.62. The van der Waals surface area contributed by atoms with Gasteiger partial charge in [-0.25, -0.2) is 4.79 Å². The molecule has 0 saturated carbocycles. The van der Waals surface area contributed by atoms with E-state index in [1.807, 2.05) is 54.6 Å². The fourth-order valence-electron chi connectivity index (χ4n) is 3.98. The summed E-state index contributed by atoms with van der Waals surface area (Å²) in [6.45, 7) is 0.384. The van der Waals surface area contributed by atoms with E-state index in [9.17, 15) is 14.9 Å². The van der Waals surface area contributed by atoms with Crippen LogP contribution in [0.15, 0.2) is 80.5 Å². The molecular formula is C26H18BrN5O4. The second kappa shape index (κ2) is 9.56. The number of H-pyrrole nitrogens is 1. The third-order valence-electron chi connectivity index (χ3n) is 5.66. The molecule has 5 rings (SSSR count). The molecule has 0 aliphatic heterocycles. The number of anilines is 1. The van der Waals surface area contributed by atoms with Crippen molar-refractivity contribution in [1.82, 2.24) is 14.7 Å². The summed E-state index contributed by atoms with van der Waals surface area (Å²) in [7, 11) is 1.78. The number of para-hydroxylation sites is 1. The molecule has 0 aliphatic carbocycles. The van der Waals surface area contributed by atoms with Crippen molar-refractivity contribution in [3.63, 3.8) is 0 Å². The molecule has 9 nitrogen and oxygen atoms in total. The molecule has 10 heteroatoms. The molecule has 0 spiro atoms. The summed E-state index contributed by atoms with van der Waals surface area (Å²) in [5.41, 5.74) is 3.17. The average molecular weight is 544 g/mol. The van der Waals surface area contributed by atoms with Crippen LogP contribution in [0.25, 0.3) is 22.3 Å². The number of carbonyl (C=O) groups excluding carboxylic acids is 1. The Morgan fingerprint density at radius 2 is 2.00 bits per heavy atom. The number of benzene rings is 3. The van der Waals surface area contributed by atoms with E-state index < -0.39 is 11.7 Å². The van der Waals surface area contributed by atoms with E-state index >= 15 is 0 Å². The molecule has 2 N–H and O–H groups in total. The lowest BCUT2D eigenvalue weighted by Crippen LogP contribution is -2.17. The molecule has 2 heterocycles. The first kappa shape index (κ1) is 23.1. The molecule has 0 aliphatic rings. The van der Waals surface area contributed by atoms with Crippen molar-refractivity contribution >= 4 is 38.4 Å². The van der Waals surface area contributed by atoms with Gasteiger partial charge < -0.3 is 14.6 Å². The van der Waals surface area contributed by atoms with Crippen LogP contribution in [0.3, 0.4) is 0 Å². The number of hydrogen-bond donors (Lipinski definition) is 2. The standard InChI is InChI=1S/C26H18BrN5O4/c1-32-22-17(8-5-9-20(22)35-14-15-6-3-2-4-7-15)21(27)23(32)25(33)29-19-11-10-16(13-28)12-18(19)24-30-26(34)36-31-24/h2-12H,14H2,1H3,(H,29,33)(H,30,31,34). The maximum atomic E-state index is 13.5. The number of amides is 1. The van der Waals surface area contributed by atoms with E-state index in [-0.39, 0.29) is 5.82 Å². The normalized spacial score (nSPS) is 10.8. The molecule has 0 radical (unpaired) electrons. The first-order chi connectivity index (χ1) is 17.5. The zero-order valence-electron chi connectivity index (χ0n) is 18.9. The molecular weight excluding hydrogens is 526 g/mol. The lowest BCUT2D eigenvalue weighted by Gasteiger charge is -2.12. The van der Waals surface area contributed by atoms with Gasteiger partial charge in [0, 0.05) is 18.0 Å². The Kier molecular flexibility index (Phi) is 6.14. The molecule has 5 aromatic rings. The van der Waals surface area contributed by atoms with Crippen molar-refractivity contribution in [1.29, 1.82) is 5.26 Å². The van der Waals surface area contributed by atoms with E-state index in [0.717, 1.165) is 16.5 Å². The Bertz CT molecular complexity index is 1700. The van der Waals surface area contributed by atoms with Crippen LogP contribution in [0.5, 0.6) is 5.75 Å². The van der Waals surface area contributed by atoms with Crippen LogP contribution in [0, 0.1) is 11.3 Å². The number of carbonyl (C=O) groups is 1. The van der Waals surface area contributed by atoms with Crippen molar-refractivity contribution in [2.24, 2.45) is 7.05 Å². The minimum absolute atomic E-state index is 0.0973. The van der Waals surface area contributed by atoms with E-state index in [4.69, 9.17) is 4.74 Å². The highest BCUT2D eigenvalue weighted by Crippen LogP contribution is 2.37. The number of nitrogens with one attached hydrogen (secondary N) is 2. The van der Waals surface area contributed by atoms with Crippen molar-refractivity contribution in [3.05, 3.63) is 98.6 Å². The molecule has 0 atom stereocenters. The lowest BCUT2D eigenvalue weighted by molar-refractivity contribution is 0.101. The Morgan fingerprint density at radius 3 is 2.72 bits per heavy atom. The third-order valence-corrected chi connectivity index (χ3v) is 6.46. The summed E-state index contributed by atoms with van der Waals surface area (Å²) >= 11 is 3.58.